The van der Waals surface area contributed by atoms with Crippen LogP contribution in [0.1, 0.15) is 52.4 Å². The van der Waals surface area contributed by atoms with Crippen LogP contribution in [0.5, 0.6) is 0 Å². The number of rotatable bonds is 12. The van der Waals surface area contributed by atoms with E-state index in [1.165, 1.54) is 12.8 Å². The van der Waals surface area contributed by atoms with Crippen LogP contribution in [0.4, 0.5) is 0 Å². The minimum atomic E-state index is 0.200. The van der Waals surface area contributed by atoms with Crippen molar-refractivity contribution in [2.45, 2.75) is 52.4 Å². The molecule has 0 aromatic carbocycles. The predicted molar refractivity (Wildman–Crippen MR) is 78.7 cm³/mol. The largest absolute Gasteiger partial charge is 0.355 e. The molecule has 0 rings (SSSR count). The lowest BCUT2D eigenvalue weighted by atomic mass is 10.1. The van der Waals surface area contributed by atoms with Crippen molar-refractivity contribution in [2.24, 2.45) is 0 Å². The second-order valence-electron chi connectivity index (χ2n) is 4.62. The fraction of sp³-hybridized carbons (Fsp3) is 0.800. The van der Waals surface area contributed by atoms with Crippen LogP contribution in [0, 0.1) is 0 Å². The third kappa shape index (κ3) is 10.3. The molecule has 1 amide bonds. The minimum Gasteiger partial charge on any atom is -0.355 e. The van der Waals surface area contributed by atoms with Crippen molar-refractivity contribution in [1.82, 2.24) is 10.2 Å². The molecule has 0 aliphatic heterocycles. The smallest absolute Gasteiger partial charge is 0.220 e. The van der Waals surface area contributed by atoms with Crippen molar-refractivity contribution in [3.05, 3.63) is 12.7 Å². The van der Waals surface area contributed by atoms with E-state index in [1.807, 2.05) is 6.08 Å². The third-order valence-electron chi connectivity index (χ3n) is 3.21. The zero-order valence-corrected chi connectivity index (χ0v) is 12.2. The molecule has 0 unspecified atom stereocenters. The van der Waals surface area contributed by atoms with E-state index in [-0.39, 0.29) is 5.91 Å². The van der Waals surface area contributed by atoms with Crippen LogP contribution in [0.25, 0.3) is 0 Å². The summed E-state index contributed by atoms with van der Waals surface area (Å²) >= 11 is 0. The number of unbranched alkanes of at least 4 members (excludes halogenated alkanes) is 4. The highest BCUT2D eigenvalue weighted by atomic mass is 16.1. The molecule has 106 valence electrons. The summed E-state index contributed by atoms with van der Waals surface area (Å²) in [6.07, 6.45) is 8.29. The minimum absolute atomic E-state index is 0.200. The predicted octanol–water partition coefficient (Wildman–Crippen LogP) is 2.97. The van der Waals surface area contributed by atoms with E-state index in [0.717, 1.165) is 45.4 Å². The second kappa shape index (κ2) is 12.6. The Labute approximate surface area is 113 Å². The van der Waals surface area contributed by atoms with E-state index in [2.05, 4.69) is 30.6 Å². The van der Waals surface area contributed by atoms with E-state index in [4.69, 9.17) is 0 Å². The molecule has 0 radical (unpaired) electrons. The lowest BCUT2D eigenvalue weighted by molar-refractivity contribution is -0.121. The molecule has 3 heteroatoms. The van der Waals surface area contributed by atoms with Crippen LogP contribution in [-0.2, 0) is 4.79 Å². The summed E-state index contributed by atoms with van der Waals surface area (Å²) in [5.74, 6) is 0.200. The second-order valence-corrected chi connectivity index (χ2v) is 4.62. The maximum absolute atomic E-state index is 11.5. The van der Waals surface area contributed by atoms with Gasteiger partial charge in [0.05, 0.1) is 0 Å². The number of allylic oxidation sites excluding steroid dienone is 1. The molecule has 0 fully saturated rings. The summed E-state index contributed by atoms with van der Waals surface area (Å²) in [5.41, 5.74) is 0. The first-order chi connectivity index (χ1) is 8.74. The molecule has 3 nitrogen and oxygen atoms in total. The quantitative estimate of drug-likeness (QED) is 0.429. The number of likely N-dealkylation sites (N-methyl/N-ethyl adjacent to an activating group) is 1. The molecule has 0 heterocycles. The van der Waals surface area contributed by atoms with Gasteiger partial charge in [0.2, 0.25) is 5.91 Å². The monoisotopic (exact) mass is 254 g/mol. The molecule has 0 aliphatic carbocycles. The summed E-state index contributed by atoms with van der Waals surface area (Å²) in [5, 5.41) is 2.99. The Hall–Kier alpha value is -0.830. The Bertz CT molecular complexity index is 213. The Morgan fingerprint density at radius 3 is 2.44 bits per heavy atom. The molecule has 0 aliphatic rings. The normalized spacial score (nSPS) is 10.6. The fourth-order valence-electron chi connectivity index (χ4n) is 1.91. The summed E-state index contributed by atoms with van der Waals surface area (Å²) < 4.78 is 0. The van der Waals surface area contributed by atoms with Crippen molar-refractivity contribution in [2.75, 3.05) is 26.2 Å². The van der Waals surface area contributed by atoms with Crippen LogP contribution in [-0.4, -0.2) is 37.0 Å². The molecule has 0 aromatic rings. The van der Waals surface area contributed by atoms with Crippen molar-refractivity contribution in [3.8, 4) is 0 Å². The maximum Gasteiger partial charge on any atom is 0.220 e. The average Bonchev–Trinajstić information content (AvgIpc) is 2.39. The highest BCUT2D eigenvalue weighted by molar-refractivity contribution is 5.75. The lowest BCUT2D eigenvalue weighted by Crippen LogP contribution is -2.34. The van der Waals surface area contributed by atoms with E-state index in [0.29, 0.717) is 6.42 Å². The number of carbonyl (C=O) groups excluding carboxylic acids is 1. The Balaban J connectivity index is 3.34. The number of amides is 1. The van der Waals surface area contributed by atoms with E-state index in [9.17, 15) is 4.79 Å². The summed E-state index contributed by atoms with van der Waals surface area (Å²) in [4.78, 5) is 13.9. The maximum atomic E-state index is 11.5. The number of nitrogens with zero attached hydrogens (tertiary/aromatic N) is 1. The van der Waals surface area contributed by atoms with Gasteiger partial charge >= 0.3 is 0 Å². The molecule has 1 N–H and O–H groups in total. The standard InChI is InChI=1S/C15H30N2O/c1-4-7-8-9-10-11-12-15(18)16-13-14-17(5-2)6-3/h4H,1,5-14H2,2-3H3,(H,16,18). The topological polar surface area (TPSA) is 32.3 Å². The lowest BCUT2D eigenvalue weighted by Gasteiger charge is -2.17. The van der Waals surface area contributed by atoms with Crippen LogP contribution in [0.2, 0.25) is 0 Å². The van der Waals surface area contributed by atoms with Gasteiger partial charge in [-0.25, -0.2) is 0 Å². The van der Waals surface area contributed by atoms with Crippen LogP contribution in [0.3, 0.4) is 0 Å². The van der Waals surface area contributed by atoms with Crippen molar-refractivity contribution < 1.29 is 4.79 Å². The van der Waals surface area contributed by atoms with Crippen LogP contribution < -0.4 is 5.32 Å². The number of hydrogen-bond donors (Lipinski definition) is 1. The Morgan fingerprint density at radius 2 is 1.83 bits per heavy atom. The zero-order valence-electron chi connectivity index (χ0n) is 12.2. The summed E-state index contributed by atoms with van der Waals surface area (Å²) in [7, 11) is 0. The first-order valence-corrected chi connectivity index (χ1v) is 7.34. The Kier molecular flexibility index (Phi) is 12.0. The van der Waals surface area contributed by atoms with E-state index in [1.54, 1.807) is 0 Å². The molecule has 0 bridgehead atoms. The Morgan fingerprint density at radius 1 is 1.17 bits per heavy atom. The van der Waals surface area contributed by atoms with Gasteiger partial charge in [-0.05, 0) is 32.4 Å². The molecule has 0 spiro atoms. The molecular weight excluding hydrogens is 224 g/mol. The van der Waals surface area contributed by atoms with Gasteiger partial charge in [0, 0.05) is 19.5 Å². The third-order valence-corrected chi connectivity index (χ3v) is 3.21. The van der Waals surface area contributed by atoms with Crippen molar-refractivity contribution >= 4 is 5.91 Å². The molecule has 0 saturated carbocycles. The van der Waals surface area contributed by atoms with Gasteiger partial charge in [0.15, 0.2) is 0 Å². The van der Waals surface area contributed by atoms with Crippen LogP contribution >= 0.6 is 0 Å². The SMILES string of the molecule is C=CCCCCCCC(=O)NCCN(CC)CC. The van der Waals surface area contributed by atoms with Crippen molar-refractivity contribution in [3.63, 3.8) is 0 Å². The molecular formula is C15H30N2O. The van der Waals surface area contributed by atoms with Crippen molar-refractivity contribution in [1.29, 1.82) is 0 Å². The van der Waals surface area contributed by atoms with E-state index < -0.39 is 0 Å². The van der Waals surface area contributed by atoms with Gasteiger partial charge in [0.25, 0.3) is 0 Å². The number of hydrogen-bond acceptors (Lipinski definition) is 2. The zero-order chi connectivity index (χ0) is 13.6. The number of carbonyl (C=O) groups is 1. The average molecular weight is 254 g/mol. The first kappa shape index (κ1) is 17.2. The summed E-state index contributed by atoms with van der Waals surface area (Å²) in [6, 6.07) is 0. The first-order valence-electron chi connectivity index (χ1n) is 7.34. The highest BCUT2D eigenvalue weighted by Crippen LogP contribution is 2.05. The molecule has 0 saturated heterocycles. The van der Waals surface area contributed by atoms with Gasteiger partial charge in [-0.3, -0.25) is 4.79 Å². The van der Waals surface area contributed by atoms with Gasteiger partial charge < -0.3 is 10.2 Å². The molecule has 0 aromatic heterocycles. The molecule has 18 heavy (non-hydrogen) atoms. The number of nitrogens with one attached hydrogen (secondary N) is 1. The molecule has 0 atom stereocenters. The summed E-state index contributed by atoms with van der Waals surface area (Å²) in [6.45, 7) is 11.8. The van der Waals surface area contributed by atoms with Gasteiger partial charge in [-0.2, -0.15) is 0 Å². The van der Waals surface area contributed by atoms with Crippen LogP contribution in [0.15, 0.2) is 12.7 Å². The van der Waals surface area contributed by atoms with E-state index >= 15 is 0 Å². The fourth-order valence-corrected chi connectivity index (χ4v) is 1.91. The van der Waals surface area contributed by atoms with Gasteiger partial charge in [-0.15, -0.1) is 6.58 Å². The van der Waals surface area contributed by atoms with Gasteiger partial charge in [-0.1, -0.05) is 32.8 Å². The van der Waals surface area contributed by atoms with Gasteiger partial charge in [0.1, 0.15) is 0 Å². The highest BCUT2D eigenvalue weighted by Gasteiger charge is 2.02.